The smallest absolute Gasteiger partial charge is 0.256 e. The lowest BCUT2D eigenvalue weighted by Crippen LogP contribution is -2.30. The van der Waals surface area contributed by atoms with Gasteiger partial charge in [-0.3, -0.25) is 4.79 Å². The van der Waals surface area contributed by atoms with Crippen LogP contribution in [0.2, 0.25) is 0 Å². The predicted octanol–water partition coefficient (Wildman–Crippen LogP) is 2.79. The molecule has 0 fully saturated rings. The van der Waals surface area contributed by atoms with Gasteiger partial charge in [-0.05, 0) is 51.5 Å². The van der Waals surface area contributed by atoms with Crippen LogP contribution in [0.3, 0.4) is 0 Å². The van der Waals surface area contributed by atoms with Crippen molar-refractivity contribution in [2.75, 3.05) is 5.32 Å². The van der Waals surface area contributed by atoms with E-state index in [1.165, 1.54) is 24.3 Å². The highest BCUT2D eigenvalue weighted by Crippen LogP contribution is 2.18. The van der Waals surface area contributed by atoms with E-state index in [0.29, 0.717) is 11.4 Å². The molecule has 0 aliphatic heterocycles. The molecule has 0 radical (unpaired) electrons. The van der Waals surface area contributed by atoms with Crippen molar-refractivity contribution in [3.63, 3.8) is 0 Å². The van der Waals surface area contributed by atoms with Crippen molar-refractivity contribution in [3.8, 4) is 0 Å². The number of sulfonamides is 1. The van der Waals surface area contributed by atoms with Crippen LogP contribution < -0.4 is 10.0 Å². The maximum Gasteiger partial charge on any atom is 0.256 e. The van der Waals surface area contributed by atoms with Crippen LogP contribution >= 0.6 is 0 Å². The molecule has 2 aromatic rings. The van der Waals surface area contributed by atoms with Gasteiger partial charge in [-0.2, -0.15) is 5.10 Å². The number of amides is 1. The van der Waals surface area contributed by atoms with E-state index in [2.05, 4.69) is 15.1 Å². The van der Waals surface area contributed by atoms with Crippen LogP contribution in [0.15, 0.2) is 41.4 Å². The Morgan fingerprint density at radius 1 is 1.16 bits per heavy atom. The first kappa shape index (κ1) is 19.1. The third kappa shape index (κ3) is 4.67. The Kier molecular flexibility index (Phi) is 5.97. The van der Waals surface area contributed by atoms with Gasteiger partial charge >= 0.3 is 0 Å². The molecule has 7 nitrogen and oxygen atoms in total. The number of hydrogen-bond acceptors (Lipinski definition) is 4. The van der Waals surface area contributed by atoms with Crippen LogP contribution in [0.1, 0.15) is 50.5 Å². The van der Waals surface area contributed by atoms with Crippen molar-refractivity contribution >= 4 is 21.7 Å². The second kappa shape index (κ2) is 7.79. The molecular formula is C17H24N4O3S. The van der Waals surface area contributed by atoms with Crippen LogP contribution in [-0.4, -0.2) is 30.1 Å². The van der Waals surface area contributed by atoms with Gasteiger partial charge in [0.05, 0.1) is 17.1 Å². The highest BCUT2D eigenvalue weighted by molar-refractivity contribution is 7.89. The quantitative estimate of drug-likeness (QED) is 0.790. The summed E-state index contributed by atoms with van der Waals surface area (Å²) in [4.78, 5) is 12.5. The van der Waals surface area contributed by atoms with Gasteiger partial charge in [0, 0.05) is 17.7 Å². The van der Waals surface area contributed by atoms with E-state index in [0.717, 1.165) is 6.42 Å². The number of benzene rings is 1. The SMILES string of the molecule is CCC(C)n1nccc1NC(=O)c1ccc(S(=O)(=O)NC(C)C)cc1. The molecule has 8 heteroatoms. The summed E-state index contributed by atoms with van der Waals surface area (Å²) in [7, 11) is -3.57. The molecular weight excluding hydrogens is 340 g/mol. The average Bonchev–Trinajstić information content (AvgIpc) is 3.01. The third-order valence-corrected chi connectivity index (χ3v) is 5.41. The summed E-state index contributed by atoms with van der Waals surface area (Å²) in [5, 5.41) is 7.03. The van der Waals surface area contributed by atoms with Gasteiger partial charge < -0.3 is 5.32 Å². The molecule has 0 aliphatic carbocycles. The number of hydrogen-bond donors (Lipinski definition) is 2. The van der Waals surface area contributed by atoms with E-state index in [1.54, 1.807) is 30.8 Å². The Labute approximate surface area is 148 Å². The largest absolute Gasteiger partial charge is 0.307 e. The highest BCUT2D eigenvalue weighted by Gasteiger charge is 2.17. The molecule has 0 saturated carbocycles. The molecule has 0 saturated heterocycles. The number of rotatable bonds is 7. The molecule has 1 unspecified atom stereocenters. The number of anilines is 1. The lowest BCUT2D eigenvalue weighted by Gasteiger charge is -2.14. The topological polar surface area (TPSA) is 93.1 Å². The summed E-state index contributed by atoms with van der Waals surface area (Å²) in [5.41, 5.74) is 0.375. The zero-order valence-corrected chi connectivity index (χ0v) is 15.7. The number of nitrogens with zero attached hydrogens (tertiary/aromatic N) is 2. The highest BCUT2D eigenvalue weighted by atomic mass is 32.2. The zero-order valence-electron chi connectivity index (χ0n) is 14.9. The normalized spacial score (nSPS) is 13.0. The Hall–Kier alpha value is -2.19. The number of aromatic nitrogens is 2. The first-order chi connectivity index (χ1) is 11.7. The van der Waals surface area contributed by atoms with E-state index in [-0.39, 0.29) is 22.9 Å². The second-order valence-corrected chi connectivity index (χ2v) is 7.89. The molecule has 2 N–H and O–H groups in total. The minimum atomic E-state index is -3.57. The number of carbonyl (C=O) groups excluding carboxylic acids is 1. The Balaban J connectivity index is 2.15. The van der Waals surface area contributed by atoms with Gasteiger partial charge in [-0.1, -0.05) is 6.92 Å². The van der Waals surface area contributed by atoms with Crippen LogP contribution in [0.4, 0.5) is 5.82 Å². The molecule has 1 amide bonds. The van der Waals surface area contributed by atoms with Gasteiger partial charge in [-0.25, -0.2) is 17.8 Å². The van der Waals surface area contributed by atoms with Crippen LogP contribution in [-0.2, 0) is 10.0 Å². The lowest BCUT2D eigenvalue weighted by molar-refractivity contribution is 0.102. The summed E-state index contributed by atoms with van der Waals surface area (Å²) in [6, 6.07) is 7.53. The van der Waals surface area contributed by atoms with Gasteiger partial charge in [0.15, 0.2) is 0 Å². The fourth-order valence-electron chi connectivity index (χ4n) is 2.29. The number of nitrogens with one attached hydrogen (secondary N) is 2. The molecule has 25 heavy (non-hydrogen) atoms. The molecule has 1 aromatic heterocycles. The number of carbonyl (C=O) groups is 1. The third-order valence-electron chi connectivity index (χ3n) is 3.74. The summed E-state index contributed by atoms with van der Waals surface area (Å²) in [6.45, 7) is 7.56. The van der Waals surface area contributed by atoms with Crippen molar-refractivity contribution in [2.45, 2.75) is 51.1 Å². The minimum Gasteiger partial charge on any atom is -0.307 e. The molecule has 0 bridgehead atoms. The molecule has 2 rings (SSSR count). The molecule has 0 aliphatic rings. The van der Waals surface area contributed by atoms with Crippen molar-refractivity contribution in [1.29, 1.82) is 0 Å². The Morgan fingerprint density at radius 3 is 2.36 bits per heavy atom. The fraction of sp³-hybridized carbons (Fsp3) is 0.412. The van der Waals surface area contributed by atoms with Gasteiger partial charge in [0.2, 0.25) is 10.0 Å². The monoisotopic (exact) mass is 364 g/mol. The lowest BCUT2D eigenvalue weighted by atomic mass is 10.2. The Morgan fingerprint density at radius 2 is 1.80 bits per heavy atom. The summed E-state index contributed by atoms with van der Waals surface area (Å²) < 4.78 is 28.5. The first-order valence-electron chi connectivity index (χ1n) is 8.22. The van der Waals surface area contributed by atoms with E-state index in [9.17, 15) is 13.2 Å². The average molecular weight is 364 g/mol. The Bertz CT molecular complexity index is 826. The van der Waals surface area contributed by atoms with E-state index in [1.807, 2.05) is 13.8 Å². The van der Waals surface area contributed by atoms with E-state index in [4.69, 9.17) is 0 Å². The zero-order chi connectivity index (χ0) is 18.6. The van der Waals surface area contributed by atoms with E-state index >= 15 is 0 Å². The van der Waals surface area contributed by atoms with Gasteiger partial charge in [0.1, 0.15) is 5.82 Å². The van der Waals surface area contributed by atoms with Crippen molar-refractivity contribution in [1.82, 2.24) is 14.5 Å². The standard InChI is InChI=1S/C17H24N4O3S/c1-5-13(4)21-16(10-11-18-21)19-17(22)14-6-8-15(9-7-14)25(23,24)20-12(2)3/h6-13,20H,5H2,1-4H3,(H,19,22). The van der Waals surface area contributed by atoms with Gasteiger partial charge in [-0.15, -0.1) is 0 Å². The first-order valence-corrected chi connectivity index (χ1v) is 9.70. The molecule has 1 aromatic carbocycles. The van der Waals surface area contributed by atoms with Crippen molar-refractivity contribution in [2.24, 2.45) is 0 Å². The minimum absolute atomic E-state index is 0.127. The maximum atomic E-state index is 12.4. The van der Waals surface area contributed by atoms with E-state index < -0.39 is 10.0 Å². The van der Waals surface area contributed by atoms with Crippen LogP contribution in [0.25, 0.3) is 0 Å². The molecule has 1 heterocycles. The van der Waals surface area contributed by atoms with Crippen LogP contribution in [0, 0.1) is 0 Å². The van der Waals surface area contributed by atoms with Crippen molar-refractivity contribution in [3.05, 3.63) is 42.1 Å². The summed E-state index contributed by atoms with van der Waals surface area (Å²) in [6.07, 6.45) is 2.52. The molecule has 0 spiro atoms. The summed E-state index contributed by atoms with van der Waals surface area (Å²) >= 11 is 0. The summed E-state index contributed by atoms with van der Waals surface area (Å²) in [5.74, 6) is 0.295. The van der Waals surface area contributed by atoms with Crippen LogP contribution in [0.5, 0.6) is 0 Å². The molecule has 1 atom stereocenters. The molecule has 136 valence electrons. The van der Waals surface area contributed by atoms with Gasteiger partial charge in [0.25, 0.3) is 5.91 Å². The maximum absolute atomic E-state index is 12.4. The van der Waals surface area contributed by atoms with Crippen molar-refractivity contribution < 1.29 is 13.2 Å². The predicted molar refractivity (Wildman–Crippen MR) is 97.1 cm³/mol. The second-order valence-electron chi connectivity index (χ2n) is 6.17. The fourth-order valence-corrected chi connectivity index (χ4v) is 3.54.